The Kier molecular flexibility index (Phi) is 4.15. The summed E-state index contributed by atoms with van der Waals surface area (Å²) in [5.74, 6) is 0.584. The van der Waals surface area contributed by atoms with Gasteiger partial charge in [0.05, 0.1) is 6.10 Å². The van der Waals surface area contributed by atoms with Gasteiger partial charge in [-0.25, -0.2) is 0 Å². The molecule has 78 valence electrons. The van der Waals surface area contributed by atoms with Crippen LogP contribution in [-0.4, -0.2) is 5.11 Å². The van der Waals surface area contributed by atoms with E-state index in [4.69, 9.17) is 0 Å². The second kappa shape index (κ2) is 5.16. The molecular weight excluding hydrogens is 172 g/mol. The van der Waals surface area contributed by atoms with Crippen LogP contribution in [0, 0.1) is 0 Å². The van der Waals surface area contributed by atoms with Crippen molar-refractivity contribution in [1.82, 2.24) is 0 Å². The molecule has 1 nitrogen and oxygen atoms in total. The van der Waals surface area contributed by atoms with Gasteiger partial charge >= 0.3 is 0 Å². The Bertz CT molecular complexity index is 274. The number of aliphatic hydroxyl groups is 1. The fourth-order valence-electron chi connectivity index (χ4n) is 1.99. The maximum atomic E-state index is 9.64. The zero-order chi connectivity index (χ0) is 10.6. The van der Waals surface area contributed by atoms with E-state index in [2.05, 4.69) is 26.0 Å². The zero-order valence-corrected chi connectivity index (χ0v) is 9.33. The van der Waals surface area contributed by atoms with Crippen molar-refractivity contribution in [1.29, 1.82) is 0 Å². The number of aliphatic hydroxyl groups excluding tert-OH is 1. The first-order valence-corrected chi connectivity index (χ1v) is 5.47. The standard InChI is InChI=1S/C13H20O/c1-4-11(5-2)13-9-7-6-8-12(13)10(3)14/h6-11,14H,4-5H2,1-3H3. The first-order valence-electron chi connectivity index (χ1n) is 5.47. The smallest absolute Gasteiger partial charge is 0.0764 e. The topological polar surface area (TPSA) is 20.2 Å². The molecule has 1 heteroatoms. The summed E-state index contributed by atoms with van der Waals surface area (Å²) < 4.78 is 0. The zero-order valence-electron chi connectivity index (χ0n) is 9.33. The van der Waals surface area contributed by atoms with Gasteiger partial charge < -0.3 is 5.11 Å². The van der Waals surface area contributed by atoms with Crippen LogP contribution in [0.5, 0.6) is 0 Å². The predicted octanol–water partition coefficient (Wildman–Crippen LogP) is 3.64. The Morgan fingerprint density at radius 2 is 1.57 bits per heavy atom. The molecule has 1 N–H and O–H groups in total. The van der Waals surface area contributed by atoms with Crippen LogP contribution in [0.3, 0.4) is 0 Å². The molecule has 0 aliphatic carbocycles. The lowest BCUT2D eigenvalue weighted by atomic mass is 9.88. The Morgan fingerprint density at radius 3 is 2.00 bits per heavy atom. The predicted molar refractivity (Wildman–Crippen MR) is 60.4 cm³/mol. The lowest BCUT2D eigenvalue weighted by Crippen LogP contribution is -2.03. The van der Waals surface area contributed by atoms with E-state index in [1.54, 1.807) is 0 Å². The van der Waals surface area contributed by atoms with Gasteiger partial charge in [0.1, 0.15) is 0 Å². The Labute approximate surface area is 86.8 Å². The summed E-state index contributed by atoms with van der Waals surface area (Å²) in [6, 6.07) is 8.21. The molecule has 0 spiro atoms. The van der Waals surface area contributed by atoms with Gasteiger partial charge in [-0.3, -0.25) is 0 Å². The van der Waals surface area contributed by atoms with Crippen LogP contribution in [0.1, 0.15) is 56.8 Å². The Balaban J connectivity index is 3.05. The minimum atomic E-state index is -0.355. The monoisotopic (exact) mass is 192 g/mol. The third-order valence-electron chi connectivity index (χ3n) is 2.87. The molecule has 0 heterocycles. The first-order chi connectivity index (χ1) is 6.70. The van der Waals surface area contributed by atoms with E-state index in [1.807, 2.05) is 19.1 Å². The number of benzene rings is 1. The highest BCUT2D eigenvalue weighted by atomic mass is 16.3. The number of rotatable bonds is 4. The van der Waals surface area contributed by atoms with Crippen molar-refractivity contribution < 1.29 is 5.11 Å². The van der Waals surface area contributed by atoms with E-state index in [1.165, 1.54) is 5.56 Å². The fourth-order valence-corrected chi connectivity index (χ4v) is 1.99. The summed E-state index contributed by atoms with van der Waals surface area (Å²) in [6.45, 7) is 6.24. The molecule has 1 atom stereocenters. The van der Waals surface area contributed by atoms with Crippen LogP contribution < -0.4 is 0 Å². The van der Waals surface area contributed by atoms with Crippen LogP contribution >= 0.6 is 0 Å². The average Bonchev–Trinajstić information content (AvgIpc) is 2.20. The maximum absolute atomic E-state index is 9.64. The summed E-state index contributed by atoms with van der Waals surface area (Å²) in [6.07, 6.45) is 1.92. The van der Waals surface area contributed by atoms with Crippen LogP contribution in [0.4, 0.5) is 0 Å². The van der Waals surface area contributed by atoms with Gasteiger partial charge in [0, 0.05) is 0 Å². The molecule has 0 radical (unpaired) electrons. The quantitative estimate of drug-likeness (QED) is 0.772. The van der Waals surface area contributed by atoms with Gasteiger partial charge in [-0.2, -0.15) is 0 Å². The molecule has 0 aliphatic heterocycles. The largest absolute Gasteiger partial charge is 0.389 e. The molecule has 0 saturated carbocycles. The number of hydrogen-bond donors (Lipinski definition) is 1. The highest BCUT2D eigenvalue weighted by Gasteiger charge is 2.13. The second-order valence-corrected chi connectivity index (χ2v) is 3.82. The minimum absolute atomic E-state index is 0.355. The van der Waals surface area contributed by atoms with Crippen LogP contribution in [0.2, 0.25) is 0 Å². The third-order valence-corrected chi connectivity index (χ3v) is 2.87. The van der Waals surface area contributed by atoms with Crippen molar-refractivity contribution in [3.05, 3.63) is 35.4 Å². The molecule has 1 rings (SSSR count). The van der Waals surface area contributed by atoms with Crippen LogP contribution in [0.15, 0.2) is 24.3 Å². The van der Waals surface area contributed by atoms with Crippen molar-refractivity contribution in [3.8, 4) is 0 Å². The molecule has 0 saturated heterocycles. The molecule has 0 bridgehead atoms. The summed E-state index contributed by atoms with van der Waals surface area (Å²) in [4.78, 5) is 0. The van der Waals surface area contributed by atoms with Crippen LogP contribution in [-0.2, 0) is 0 Å². The molecule has 14 heavy (non-hydrogen) atoms. The number of hydrogen-bond acceptors (Lipinski definition) is 1. The molecule has 0 fully saturated rings. The van der Waals surface area contributed by atoms with Gasteiger partial charge in [-0.1, -0.05) is 38.1 Å². The van der Waals surface area contributed by atoms with Crippen LogP contribution in [0.25, 0.3) is 0 Å². The first kappa shape index (κ1) is 11.3. The van der Waals surface area contributed by atoms with Crippen molar-refractivity contribution in [2.75, 3.05) is 0 Å². The second-order valence-electron chi connectivity index (χ2n) is 3.82. The molecule has 1 aromatic carbocycles. The van der Waals surface area contributed by atoms with Crippen molar-refractivity contribution >= 4 is 0 Å². The van der Waals surface area contributed by atoms with E-state index < -0.39 is 0 Å². The van der Waals surface area contributed by atoms with Gasteiger partial charge in [-0.05, 0) is 36.8 Å². The lowest BCUT2D eigenvalue weighted by Gasteiger charge is -2.18. The SMILES string of the molecule is CCC(CC)c1ccccc1C(C)O. The summed E-state index contributed by atoms with van der Waals surface area (Å²) in [7, 11) is 0. The van der Waals surface area contributed by atoms with Gasteiger partial charge in [0.15, 0.2) is 0 Å². The molecule has 1 aromatic rings. The van der Waals surface area contributed by atoms with Gasteiger partial charge in [0.2, 0.25) is 0 Å². The summed E-state index contributed by atoms with van der Waals surface area (Å²) >= 11 is 0. The molecule has 0 amide bonds. The third kappa shape index (κ3) is 2.36. The molecular formula is C13H20O. The van der Waals surface area contributed by atoms with Crippen molar-refractivity contribution in [3.63, 3.8) is 0 Å². The summed E-state index contributed by atoms with van der Waals surface area (Å²) in [5.41, 5.74) is 2.40. The van der Waals surface area contributed by atoms with Gasteiger partial charge in [-0.15, -0.1) is 0 Å². The molecule has 1 unspecified atom stereocenters. The highest BCUT2D eigenvalue weighted by Crippen LogP contribution is 2.29. The van der Waals surface area contributed by atoms with Crippen molar-refractivity contribution in [2.45, 2.75) is 45.6 Å². The van der Waals surface area contributed by atoms with E-state index in [0.29, 0.717) is 5.92 Å². The Morgan fingerprint density at radius 1 is 1.07 bits per heavy atom. The Hall–Kier alpha value is -0.820. The van der Waals surface area contributed by atoms with E-state index in [-0.39, 0.29) is 6.10 Å². The highest BCUT2D eigenvalue weighted by molar-refractivity contribution is 5.31. The summed E-state index contributed by atoms with van der Waals surface area (Å²) in [5, 5.41) is 9.64. The normalized spacial score (nSPS) is 13.2. The van der Waals surface area contributed by atoms with E-state index in [9.17, 15) is 5.11 Å². The molecule has 0 aliphatic rings. The van der Waals surface area contributed by atoms with Crippen molar-refractivity contribution in [2.24, 2.45) is 0 Å². The minimum Gasteiger partial charge on any atom is -0.389 e. The fraction of sp³-hybridized carbons (Fsp3) is 0.538. The maximum Gasteiger partial charge on any atom is 0.0764 e. The van der Waals surface area contributed by atoms with E-state index in [0.717, 1.165) is 18.4 Å². The molecule has 0 aromatic heterocycles. The van der Waals surface area contributed by atoms with E-state index >= 15 is 0 Å². The average molecular weight is 192 g/mol. The lowest BCUT2D eigenvalue weighted by molar-refractivity contribution is 0.197. The van der Waals surface area contributed by atoms with Gasteiger partial charge in [0.25, 0.3) is 0 Å².